The van der Waals surface area contributed by atoms with Crippen molar-refractivity contribution in [2.75, 3.05) is 6.61 Å². The number of carbonyl (C=O) groups excluding carboxylic acids is 1. The minimum absolute atomic E-state index is 0.0329. The second kappa shape index (κ2) is 5.62. The largest absolute Gasteiger partial charge is 0.508 e. The summed E-state index contributed by atoms with van der Waals surface area (Å²) in [6, 6.07) is 13.3. The number of nitrogens with zero attached hydrogens (tertiary/aromatic N) is 1. The number of hydrogen-bond acceptors (Lipinski definition) is 5. The van der Waals surface area contributed by atoms with Crippen molar-refractivity contribution in [3.05, 3.63) is 59.4 Å². The first-order valence-corrected chi connectivity index (χ1v) is 6.55. The first-order chi connectivity index (χ1) is 10.7. The van der Waals surface area contributed by atoms with Crippen LogP contribution in [0.4, 0.5) is 0 Å². The third-order valence-electron chi connectivity index (χ3n) is 3.15. The van der Waals surface area contributed by atoms with E-state index in [0.29, 0.717) is 22.6 Å². The Bertz CT molecular complexity index is 818. The monoisotopic (exact) mass is 293 g/mol. The van der Waals surface area contributed by atoms with Gasteiger partial charge < -0.3 is 14.6 Å². The van der Waals surface area contributed by atoms with E-state index in [1.165, 1.54) is 18.2 Å². The van der Waals surface area contributed by atoms with E-state index in [4.69, 9.17) is 14.7 Å². The van der Waals surface area contributed by atoms with E-state index in [9.17, 15) is 9.90 Å². The van der Waals surface area contributed by atoms with Gasteiger partial charge in [-0.1, -0.05) is 18.2 Å². The van der Waals surface area contributed by atoms with E-state index in [-0.39, 0.29) is 23.9 Å². The summed E-state index contributed by atoms with van der Waals surface area (Å²) >= 11 is 0. The molecule has 0 aromatic heterocycles. The smallest absolute Gasteiger partial charge is 0.231 e. The van der Waals surface area contributed by atoms with E-state index in [1.54, 1.807) is 30.3 Å². The minimum atomic E-state index is -0.259. The Morgan fingerprint density at radius 3 is 2.91 bits per heavy atom. The lowest BCUT2D eigenvalue weighted by molar-refractivity contribution is 0.101. The number of allylic oxidation sites excluding steroid dienone is 1. The number of phenols is 1. The van der Waals surface area contributed by atoms with E-state index >= 15 is 0 Å². The molecule has 1 heterocycles. The fraction of sp³-hybridized carbons (Fsp3) is 0.0588. The third kappa shape index (κ3) is 2.50. The molecule has 2 aromatic carbocycles. The molecule has 0 spiro atoms. The highest BCUT2D eigenvalue weighted by Crippen LogP contribution is 2.35. The highest BCUT2D eigenvalue weighted by Gasteiger charge is 2.27. The molecule has 5 nitrogen and oxygen atoms in total. The predicted octanol–water partition coefficient (Wildman–Crippen LogP) is 2.91. The van der Waals surface area contributed by atoms with E-state index in [2.05, 4.69) is 0 Å². The van der Waals surface area contributed by atoms with Gasteiger partial charge in [0.05, 0.1) is 5.56 Å². The zero-order chi connectivity index (χ0) is 15.5. The molecule has 0 fully saturated rings. The number of para-hydroxylation sites is 1. The second-order valence-corrected chi connectivity index (χ2v) is 4.60. The van der Waals surface area contributed by atoms with Crippen LogP contribution in [0.3, 0.4) is 0 Å². The molecule has 0 amide bonds. The molecule has 2 aromatic rings. The Kier molecular flexibility index (Phi) is 3.50. The summed E-state index contributed by atoms with van der Waals surface area (Å²) in [4.78, 5) is 12.3. The van der Waals surface area contributed by atoms with Crippen molar-refractivity contribution in [3.8, 4) is 23.3 Å². The summed E-state index contributed by atoms with van der Waals surface area (Å²) in [7, 11) is 0. The van der Waals surface area contributed by atoms with Crippen LogP contribution in [0.2, 0.25) is 0 Å². The summed E-state index contributed by atoms with van der Waals surface area (Å²) in [5, 5.41) is 18.0. The molecule has 5 heteroatoms. The van der Waals surface area contributed by atoms with Crippen molar-refractivity contribution in [2.24, 2.45) is 0 Å². The SMILES string of the molecule is N#CCOc1ccccc1/C=C1/Oc2cc(O)ccc2C1=O. The zero-order valence-corrected chi connectivity index (χ0v) is 11.4. The Morgan fingerprint density at radius 2 is 2.09 bits per heavy atom. The second-order valence-electron chi connectivity index (χ2n) is 4.60. The van der Waals surface area contributed by atoms with Crippen LogP contribution in [0.1, 0.15) is 15.9 Å². The summed E-state index contributed by atoms with van der Waals surface area (Å²) in [5.74, 6) is 0.739. The maximum absolute atomic E-state index is 12.3. The molecule has 0 radical (unpaired) electrons. The highest BCUT2D eigenvalue weighted by molar-refractivity contribution is 6.14. The van der Waals surface area contributed by atoms with Crippen molar-refractivity contribution in [1.82, 2.24) is 0 Å². The van der Waals surface area contributed by atoms with Gasteiger partial charge in [-0.2, -0.15) is 5.26 Å². The Labute approximate surface area is 126 Å². The van der Waals surface area contributed by atoms with Crippen LogP contribution in [-0.2, 0) is 0 Å². The minimum Gasteiger partial charge on any atom is -0.508 e. The summed E-state index contributed by atoms with van der Waals surface area (Å²) in [5.41, 5.74) is 1.04. The van der Waals surface area contributed by atoms with E-state index in [1.807, 2.05) is 6.07 Å². The number of fused-ring (bicyclic) bond motifs is 1. The molecular formula is C17H11NO4. The van der Waals surface area contributed by atoms with Crippen LogP contribution >= 0.6 is 0 Å². The lowest BCUT2D eigenvalue weighted by Crippen LogP contribution is -2.00. The van der Waals surface area contributed by atoms with Gasteiger partial charge in [-0.25, -0.2) is 0 Å². The molecule has 1 aliphatic heterocycles. The van der Waals surface area contributed by atoms with Gasteiger partial charge in [-0.3, -0.25) is 4.79 Å². The topological polar surface area (TPSA) is 79.6 Å². The number of benzene rings is 2. The molecule has 0 atom stereocenters. The number of nitriles is 1. The summed E-state index contributed by atoms with van der Waals surface area (Å²) < 4.78 is 10.8. The summed E-state index contributed by atoms with van der Waals surface area (Å²) in [6.07, 6.45) is 1.56. The first kappa shape index (κ1) is 13.7. The maximum Gasteiger partial charge on any atom is 0.231 e. The fourth-order valence-corrected chi connectivity index (χ4v) is 2.16. The van der Waals surface area contributed by atoms with Crippen molar-refractivity contribution in [2.45, 2.75) is 0 Å². The Balaban J connectivity index is 1.95. The average molecular weight is 293 g/mol. The number of Topliss-reactive ketones (excluding diaryl/α,β-unsaturated/α-hetero) is 1. The number of aromatic hydroxyl groups is 1. The fourth-order valence-electron chi connectivity index (χ4n) is 2.16. The number of rotatable bonds is 3. The Hall–Kier alpha value is -3.26. The Morgan fingerprint density at radius 1 is 1.27 bits per heavy atom. The molecule has 1 N–H and O–H groups in total. The van der Waals surface area contributed by atoms with E-state index in [0.717, 1.165) is 0 Å². The van der Waals surface area contributed by atoms with Gasteiger partial charge >= 0.3 is 0 Å². The van der Waals surface area contributed by atoms with Crippen molar-refractivity contribution < 1.29 is 19.4 Å². The molecule has 0 saturated carbocycles. The standard InChI is InChI=1S/C17H11NO4/c18-7-8-21-14-4-2-1-3-11(14)9-16-17(20)13-6-5-12(19)10-15(13)22-16/h1-6,9-10,19H,8H2/b16-9+. The molecule has 108 valence electrons. The van der Waals surface area contributed by atoms with E-state index < -0.39 is 0 Å². The number of hydrogen-bond donors (Lipinski definition) is 1. The third-order valence-corrected chi connectivity index (χ3v) is 3.15. The lowest BCUT2D eigenvalue weighted by atomic mass is 10.1. The van der Waals surface area contributed by atoms with Gasteiger partial charge in [0, 0.05) is 11.6 Å². The van der Waals surface area contributed by atoms with Gasteiger partial charge in [-0.05, 0) is 24.3 Å². The van der Waals surface area contributed by atoms with Crippen LogP contribution in [0, 0.1) is 11.3 Å². The predicted molar refractivity (Wildman–Crippen MR) is 78.6 cm³/mol. The lowest BCUT2D eigenvalue weighted by Gasteiger charge is -2.06. The molecular weight excluding hydrogens is 282 g/mol. The van der Waals surface area contributed by atoms with Gasteiger partial charge in [-0.15, -0.1) is 0 Å². The molecule has 0 unspecified atom stereocenters. The molecule has 0 bridgehead atoms. The van der Waals surface area contributed by atoms with Crippen LogP contribution in [-0.4, -0.2) is 17.5 Å². The molecule has 0 saturated heterocycles. The van der Waals surface area contributed by atoms with Crippen molar-refractivity contribution in [3.63, 3.8) is 0 Å². The van der Waals surface area contributed by atoms with Gasteiger partial charge in [0.2, 0.25) is 5.78 Å². The maximum atomic E-state index is 12.3. The quantitative estimate of drug-likeness (QED) is 0.880. The van der Waals surface area contributed by atoms with Crippen molar-refractivity contribution in [1.29, 1.82) is 5.26 Å². The zero-order valence-electron chi connectivity index (χ0n) is 11.4. The van der Waals surface area contributed by atoms with Crippen LogP contribution < -0.4 is 9.47 Å². The van der Waals surface area contributed by atoms with Gasteiger partial charge in [0.1, 0.15) is 23.3 Å². The van der Waals surface area contributed by atoms with Gasteiger partial charge in [0.25, 0.3) is 0 Å². The number of ether oxygens (including phenoxy) is 2. The first-order valence-electron chi connectivity index (χ1n) is 6.55. The van der Waals surface area contributed by atoms with Crippen LogP contribution in [0.15, 0.2) is 48.2 Å². The number of phenolic OH excluding ortho intramolecular Hbond substituents is 1. The van der Waals surface area contributed by atoms with Crippen LogP contribution in [0.5, 0.6) is 17.2 Å². The average Bonchev–Trinajstić information content (AvgIpc) is 2.82. The molecule has 0 aliphatic carbocycles. The summed E-state index contributed by atoms with van der Waals surface area (Å²) in [6.45, 7) is -0.0803. The molecule has 3 rings (SSSR count). The van der Waals surface area contributed by atoms with Crippen LogP contribution in [0.25, 0.3) is 6.08 Å². The number of carbonyl (C=O) groups is 1. The van der Waals surface area contributed by atoms with Gasteiger partial charge in [0.15, 0.2) is 12.4 Å². The highest BCUT2D eigenvalue weighted by atomic mass is 16.5. The normalized spacial score (nSPS) is 14.3. The number of ketones is 1. The van der Waals surface area contributed by atoms with Crippen molar-refractivity contribution >= 4 is 11.9 Å². The molecule has 22 heavy (non-hydrogen) atoms. The molecule has 1 aliphatic rings.